The second kappa shape index (κ2) is 8.12. The second-order valence-electron chi connectivity index (χ2n) is 6.77. The summed E-state index contributed by atoms with van der Waals surface area (Å²) in [6.45, 7) is 2.01. The van der Waals surface area contributed by atoms with Crippen molar-refractivity contribution < 1.29 is 8.83 Å². The molecule has 3 aromatic heterocycles. The van der Waals surface area contributed by atoms with E-state index in [0.29, 0.717) is 23.3 Å². The normalized spacial score (nSPS) is 14.4. The molecule has 1 saturated heterocycles. The largest absolute Gasteiger partial charge is 0.459 e. The molecule has 0 atom stereocenters. The van der Waals surface area contributed by atoms with Crippen molar-refractivity contribution in [2.45, 2.75) is 30.2 Å². The molecule has 1 aromatic carbocycles. The lowest BCUT2D eigenvalue weighted by atomic mass is 10.1. The van der Waals surface area contributed by atoms with Crippen LogP contribution >= 0.6 is 11.8 Å². The summed E-state index contributed by atoms with van der Waals surface area (Å²) in [6, 6.07) is 13.8. The summed E-state index contributed by atoms with van der Waals surface area (Å²) in [7, 11) is 0. The number of nitrogens with zero attached hydrogens (tertiary/aromatic N) is 6. The van der Waals surface area contributed by atoms with Crippen LogP contribution in [0.1, 0.15) is 25.2 Å². The highest BCUT2D eigenvalue weighted by Gasteiger charge is 2.22. The summed E-state index contributed by atoms with van der Waals surface area (Å²) in [6.07, 6.45) is 5.22. The standard InChI is InChI=1S/C20H20N6O2S/c1-3-8-15(9-4-1)26-19(25-11-5-2-6-12-25)23-24-20(26)29-14-17-21-22-18(28-17)16-10-7-13-27-16/h1,3-4,7-10,13H,2,5-6,11-12,14H2. The highest BCUT2D eigenvalue weighted by atomic mass is 32.2. The van der Waals surface area contributed by atoms with Gasteiger partial charge in [-0.2, -0.15) is 0 Å². The Bertz CT molecular complexity index is 1050. The molecule has 4 heterocycles. The second-order valence-corrected chi connectivity index (χ2v) is 7.71. The van der Waals surface area contributed by atoms with Crippen molar-refractivity contribution in [3.05, 3.63) is 54.6 Å². The number of anilines is 1. The van der Waals surface area contributed by atoms with E-state index in [4.69, 9.17) is 8.83 Å². The molecule has 0 N–H and O–H groups in total. The molecule has 0 unspecified atom stereocenters. The maximum Gasteiger partial charge on any atom is 0.283 e. The Balaban J connectivity index is 1.40. The van der Waals surface area contributed by atoms with Crippen LogP contribution in [0.2, 0.25) is 0 Å². The van der Waals surface area contributed by atoms with E-state index in [2.05, 4.69) is 42.0 Å². The Labute approximate surface area is 171 Å². The number of para-hydroxylation sites is 1. The molecular formula is C20H20N6O2S. The highest BCUT2D eigenvalue weighted by molar-refractivity contribution is 7.98. The van der Waals surface area contributed by atoms with Gasteiger partial charge in [0.1, 0.15) is 0 Å². The fourth-order valence-corrected chi connectivity index (χ4v) is 4.18. The summed E-state index contributed by atoms with van der Waals surface area (Å²) in [5, 5.41) is 18.0. The Hall–Kier alpha value is -3.07. The van der Waals surface area contributed by atoms with Gasteiger partial charge in [0, 0.05) is 13.1 Å². The lowest BCUT2D eigenvalue weighted by molar-refractivity contribution is 0.494. The molecule has 0 amide bonds. The first-order valence-electron chi connectivity index (χ1n) is 9.63. The molecule has 1 aliphatic rings. The molecule has 0 bridgehead atoms. The predicted molar refractivity (Wildman–Crippen MR) is 109 cm³/mol. The van der Waals surface area contributed by atoms with E-state index in [-0.39, 0.29) is 0 Å². The molecule has 8 nitrogen and oxygen atoms in total. The Morgan fingerprint density at radius 2 is 1.76 bits per heavy atom. The van der Waals surface area contributed by atoms with Crippen molar-refractivity contribution in [1.29, 1.82) is 0 Å². The molecule has 0 saturated carbocycles. The van der Waals surface area contributed by atoms with Crippen molar-refractivity contribution >= 4 is 17.7 Å². The molecule has 0 radical (unpaired) electrons. The number of thioether (sulfide) groups is 1. The number of aromatic nitrogens is 5. The topological polar surface area (TPSA) is 86.0 Å². The van der Waals surface area contributed by atoms with Gasteiger partial charge >= 0.3 is 0 Å². The average Bonchev–Trinajstić information content (AvgIpc) is 3.54. The molecule has 4 aromatic rings. The van der Waals surface area contributed by atoms with Gasteiger partial charge in [0.25, 0.3) is 5.89 Å². The van der Waals surface area contributed by atoms with Crippen LogP contribution in [0.5, 0.6) is 0 Å². The number of benzene rings is 1. The average molecular weight is 408 g/mol. The van der Waals surface area contributed by atoms with E-state index < -0.39 is 0 Å². The third kappa shape index (κ3) is 3.77. The fraction of sp³-hybridized carbons (Fsp3) is 0.300. The molecule has 9 heteroatoms. The summed E-state index contributed by atoms with van der Waals surface area (Å²) in [4.78, 5) is 2.31. The van der Waals surface area contributed by atoms with Gasteiger partial charge < -0.3 is 13.7 Å². The van der Waals surface area contributed by atoms with Gasteiger partial charge in [0.2, 0.25) is 11.8 Å². The van der Waals surface area contributed by atoms with Crippen LogP contribution in [0.4, 0.5) is 5.95 Å². The molecule has 0 spiro atoms. The van der Waals surface area contributed by atoms with Gasteiger partial charge in [0.05, 0.1) is 17.7 Å². The van der Waals surface area contributed by atoms with Crippen LogP contribution in [-0.4, -0.2) is 38.1 Å². The molecule has 1 aliphatic heterocycles. The maximum absolute atomic E-state index is 5.71. The third-order valence-electron chi connectivity index (χ3n) is 4.79. The Morgan fingerprint density at radius 1 is 0.897 bits per heavy atom. The highest BCUT2D eigenvalue weighted by Crippen LogP contribution is 2.30. The summed E-state index contributed by atoms with van der Waals surface area (Å²) in [5.74, 6) is 2.85. The van der Waals surface area contributed by atoms with Crippen molar-refractivity contribution in [1.82, 2.24) is 25.0 Å². The lowest BCUT2D eigenvalue weighted by Crippen LogP contribution is -2.31. The van der Waals surface area contributed by atoms with E-state index in [9.17, 15) is 0 Å². The Kier molecular flexibility index (Phi) is 5.04. The van der Waals surface area contributed by atoms with E-state index >= 15 is 0 Å². The van der Waals surface area contributed by atoms with Crippen molar-refractivity contribution in [2.24, 2.45) is 0 Å². The molecular weight excluding hydrogens is 388 g/mol. The third-order valence-corrected chi connectivity index (χ3v) is 5.71. The molecule has 0 aliphatic carbocycles. The van der Waals surface area contributed by atoms with Crippen LogP contribution in [0.15, 0.2) is 62.7 Å². The van der Waals surface area contributed by atoms with E-state index in [1.807, 2.05) is 18.2 Å². The van der Waals surface area contributed by atoms with Crippen molar-refractivity contribution in [2.75, 3.05) is 18.0 Å². The van der Waals surface area contributed by atoms with Gasteiger partial charge in [-0.25, -0.2) is 0 Å². The smallest absolute Gasteiger partial charge is 0.283 e. The molecule has 29 heavy (non-hydrogen) atoms. The SMILES string of the molecule is c1ccc(-n2c(SCc3nnc(-c4ccco4)o3)nnc2N2CCCCC2)cc1. The monoisotopic (exact) mass is 408 g/mol. The first-order valence-corrected chi connectivity index (χ1v) is 10.6. The molecule has 5 rings (SSSR count). The van der Waals surface area contributed by atoms with Crippen LogP contribution in [0.3, 0.4) is 0 Å². The first kappa shape index (κ1) is 18.0. The zero-order chi connectivity index (χ0) is 19.5. The van der Waals surface area contributed by atoms with Crippen LogP contribution in [-0.2, 0) is 5.75 Å². The van der Waals surface area contributed by atoms with Gasteiger partial charge in [-0.1, -0.05) is 30.0 Å². The summed E-state index contributed by atoms with van der Waals surface area (Å²) < 4.78 is 13.1. The number of piperidine rings is 1. The zero-order valence-electron chi connectivity index (χ0n) is 15.8. The van der Waals surface area contributed by atoms with Gasteiger partial charge in [-0.3, -0.25) is 4.57 Å². The maximum atomic E-state index is 5.71. The van der Waals surface area contributed by atoms with Crippen LogP contribution < -0.4 is 4.90 Å². The number of hydrogen-bond donors (Lipinski definition) is 0. The van der Waals surface area contributed by atoms with E-state index in [1.54, 1.807) is 18.4 Å². The van der Waals surface area contributed by atoms with Gasteiger partial charge in [0.15, 0.2) is 10.9 Å². The Morgan fingerprint density at radius 3 is 2.55 bits per heavy atom. The minimum Gasteiger partial charge on any atom is -0.459 e. The van der Waals surface area contributed by atoms with Crippen LogP contribution in [0.25, 0.3) is 17.3 Å². The minimum atomic E-state index is 0.379. The lowest BCUT2D eigenvalue weighted by Gasteiger charge is -2.27. The zero-order valence-corrected chi connectivity index (χ0v) is 16.6. The van der Waals surface area contributed by atoms with Crippen molar-refractivity contribution in [3.8, 4) is 17.3 Å². The first-order chi connectivity index (χ1) is 14.4. The van der Waals surface area contributed by atoms with E-state index in [0.717, 1.165) is 29.9 Å². The van der Waals surface area contributed by atoms with Crippen molar-refractivity contribution in [3.63, 3.8) is 0 Å². The molecule has 148 valence electrons. The van der Waals surface area contributed by atoms with Gasteiger partial charge in [-0.15, -0.1) is 20.4 Å². The summed E-state index contributed by atoms with van der Waals surface area (Å²) >= 11 is 1.53. The van der Waals surface area contributed by atoms with E-state index in [1.165, 1.54) is 31.0 Å². The number of rotatable bonds is 6. The minimum absolute atomic E-state index is 0.379. The number of furan rings is 1. The number of hydrogen-bond acceptors (Lipinski definition) is 8. The fourth-order valence-electron chi connectivity index (χ4n) is 3.40. The predicted octanol–water partition coefficient (Wildman–Crippen LogP) is 4.19. The summed E-state index contributed by atoms with van der Waals surface area (Å²) in [5.41, 5.74) is 1.04. The molecule has 1 fully saturated rings. The quantitative estimate of drug-likeness (QED) is 0.439. The van der Waals surface area contributed by atoms with Gasteiger partial charge in [-0.05, 0) is 43.5 Å². The van der Waals surface area contributed by atoms with Crippen LogP contribution in [0, 0.1) is 0 Å².